The number of amides is 1. The highest BCUT2D eigenvalue weighted by Gasteiger charge is 2.39. The molecule has 0 fully saturated rings. The number of fused-ring (bicyclic) bond motifs is 1. The Kier molecular flexibility index (Phi) is 3.79. The summed E-state index contributed by atoms with van der Waals surface area (Å²) in [7, 11) is 0. The Bertz CT molecular complexity index is 688. The zero-order chi connectivity index (χ0) is 15.7. The van der Waals surface area contributed by atoms with E-state index < -0.39 is 18.4 Å². The first-order chi connectivity index (χ1) is 10.6. The summed E-state index contributed by atoms with van der Waals surface area (Å²) < 4.78 is 26.8. The molecule has 1 heterocycles. The molecule has 0 aromatic heterocycles. The summed E-state index contributed by atoms with van der Waals surface area (Å²) in [6.07, 6.45) is -2.75. The molecule has 5 heteroatoms. The number of alkyl halides is 2. The zero-order valence-electron chi connectivity index (χ0n) is 12.1. The second-order valence-corrected chi connectivity index (χ2v) is 5.40. The van der Waals surface area contributed by atoms with Gasteiger partial charge in [-0.3, -0.25) is 4.79 Å². The Balaban J connectivity index is 2.03. The van der Waals surface area contributed by atoms with Gasteiger partial charge < -0.3 is 10.2 Å². The Labute approximate surface area is 127 Å². The average molecular weight is 302 g/mol. The monoisotopic (exact) mass is 302 g/mol. The largest absolute Gasteiger partial charge is 0.349 e. The third kappa shape index (κ3) is 2.66. The van der Waals surface area contributed by atoms with Crippen LogP contribution in [0.15, 0.2) is 48.5 Å². The van der Waals surface area contributed by atoms with Crippen LogP contribution in [0.3, 0.4) is 0 Å². The number of aryl methyl sites for hydroxylation is 1. The van der Waals surface area contributed by atoms with Gasteiger partial charge >= 0.3 is 0 Å². The fraction of sp³-hybridized carbons (Fsp3) is 0.235. The molecule has 1 aliphatic rings. The van der Waals surface area contributed by atoms with Crippen molar-refractivity contribution in [1.82, 2.24) is 0 Å². The van der Waals surface area contributed by atoms with Crippen LogP contribution in [-0.4, -0.2) is 18.4 Å². The predicted molar refractivity (Wildman–Crippen MR) is 82.2 cm³/mol. The van der Waals surface area contributed by atoms with Crippen LogP contribution in [-0.2, 0) is 11.3 Å². The molecular weight excluding hydrogens is 286 g/mol. The van der Waals surface area contributed by atoms with E-state index in [0.29, 0.717) is 11.4 Å². The fourth-order valence-corrected chi connectivity index (χ4v) is 2.71. The normalized spacial score (nSPS) is 17.4. The third-order valence-electron chi connectivity index (χ3n) is 3.76. The molecular formula is C17H16F2N2O. The van der Waals surface area contributed by atoms with Gasteiger partial charge in [0.2, 0.25) is 0 Å². The van der Waals surface area contributed by atoms with Crippen LogP contribution in [0.25, 0.3) is 0 Å². The van der Waals surface area contributed by atoms with Crippen LogP contribution in [0.5, 0.6) is 0 Å². The van der Waals surface area contributed by atoms with Crippen molar-refractivity contribution in [3.63, 3.8) is 0 Å². The van der Waals surface area contributed by atoms with Crippen LogP contribution in [0, 0.1) is 6.92 Å². The van der Waals surface area contributed by atoms with Crippen molar-refractivity contribution in [3.05, 3.63) is 59.7 Å². The minimum absolute atomic E-state index is 0.263. The molecule has 0 spiro atoms. The third-order valence-corrected chi connectivity index (χ3v) is 3.76. The fourth-order valence-electron chi connectivity index (χ4n) is 2.71. The van der Waals surface area contributed by atoms with Gasteiger partial charge in [0.05, 0.1) is 11.4 Å². The highest BCUT2D eigenvalue weighted by molar-refractivity contribution is 6.04. The number of benzene rings is 2. The minimum Gasteiger partial charge on any atom is -0.349 e. The number of nitrogens with one attached hydrogen (secondary N) is 1. The summed E-state index contributed by atoms with van der Waals surface area (Å²) in [6.45, 7) is 2.16. The number of rotatable bonds is 3. The highest BCUT2D eigenvalue weighted by Crippen LogP contribution is 2.35. The SMILES string of the molecule is Cc1ccc2c(c1)NC(=O)C(C(F)F)N2Cc1ccccc1. The number of hydrogen-bond acceptors (Lipinski definition) is 2. The average Bonchev–Trinajstić information content (AvgIpc) is 2.47. The summed E-state index contributed by atoms with van der Waals surface area (Å²) in [5.41, 5.74) is 3.06. The van der Waals surface area contributed by atoms with Crippen molar-refractivity contribution in [1.29, 1.82) is 0 Å². The van der Waals surface area contributed by atoms with E-state index in [0.717, 1.165) is 11.1 Å². The highest BCUT2D eigenvalue weighted by atomic mass is 19.3. The number of carbonyl (C=O) groups is 1. The molecule has 0 radical (unpaired) electrons. The molecule has 0 saturated heterocycles. The van der Waals surface area contributed by atoms with Crippen molar-refractivity contribution in [2.45, 2.75) is 25.9 Å². The first-order valence-corrected chi connectivity index (χ1v) is 7.06. The number of anilines is 2. The molecule has 0 bridgehead atoms. The van der Waals surface area contributed by atoms with E-state index in [1.807, 2.05) is 43.3 Å². The number of halogens is 2. The topological polar surface area (TPSA) is 32.3 Å². The van der Waals surface area contributed by atoms with Gasteiger partial charge in [-0.25, -0.2) is 8.78 Å². The van der Waals surface area contributed by atoms with Crippen molar-refractivity contribution < 1.29 is 13.6 Å². The Morgan fingerprint density at radius 2 is 1.91 bits per heavy atom. The minimum atomic E-state index is -2.75. The second kappa shape index (κ2) is 5.75. The molecule has 2 aromatic rings. The van der Waals surface area contributed by atoms with E-state index in [1.54, 1.807) is 12.1 Å². The molecule has 1 aliphatic heterocycles. The van der Waals surface area contributed by atoms with E-state index in [9.17, 15) is 13.6 Å². The first-order valence-electron chi connectivity index (χ1n) is 7.06. The van der Waals surface area contributed by atoms with Gasteiger partial charge in [0.25, 0.3) is 12.3 Å². The lowest BCUT2D eigenvalue weighted by molar-refractivity contribution is -0.120. The molecule has 3 nitrogen and oxygen atoms in total. The Morgan fingerprint density at radius 3 is 2.59 bits per heavy atom. The molecule has 2 aromatic carbocycles. The molecule has 1 amide bonds. The van der Waals surface area contributed by atoms with Crippen molar-refractivity contribution in [2.24, 2.45) is 0 Å². The molecule has 114 valence electrons. The molecule has 1 atom stereocenters. The van der Waals surface area contributed by atoms with E-state index >= 15 is 0 Å². The van der Waals surface area contributed by atoms with Crippen LogP contribution >= 0.6 is 0 Å². The Morgan fingerprint density at radius 1 is 1.18 bits per heavy atom. The molecule has 0 aliphatic carbocycles. The van der Waals surface area contributed by atoms with Gasteiger partial charge in [-0.2, -0.15) is 0 Å². The molecule has 1 N–H and O–H groups in total. The maximum atomic E-state index is 13.4. The first kappa shape index (κ1) is 14.5. The van der Waals surface area contributed by atoms with Gasteiger partial charge in [-0.05, 0) is 30.2 Å². The van der Waals surface area contributed by atoms with Crippen LogP contribution in [0.2, 0.25) is 0 Å². The lowest BCUT2D eigenvalue weighted by Gasteiger charge is -2.37. The summed E-state index contributed by atoms with van der Waals surface area (Å²) in [5.74, 6) is -0.663. The van der Waals surface area contributed by atoms with E-state index in [4.69, 9.17) is 0 Å². The smallest absolute Gasteiger partial charge is 0.267 e. The van der Waals surface area contributed by atoms with Crippen molar-refractivity contribution in [2.75, 3.05) is 10.2 Å². The van der Waals surface area contributed by atoms with Crippen LogP contribution in [0.1, 0.15) is 11.1 Å². The molecule has 0 saturated carbocycles. The summed E-state index contributed by atoms with van der Waals surface area (Å²) in [5, 5.41) is 2.59. The van der Waals surface area contributed by atoms with Crippen LogP contribution in [0.4, 0.5) is 20.2 Å². The Hall–Kier alpha value is -2.43. The van der Waals surface area contributed by atoms with Gasteiger partial charge in [0.1, 0.15) is 0 Å². The van der Waals surface area contributed by atoms with Gasteiger partial charge in [0, 0.05) is 6.54 Å². The van der Waals surface area contributed by atoms with E-state index in [-0.39, 0.29) is 6.54 Å². The second-order valence-electron chi connectivity index (χ2n) is 5.40. The lowest BCUT2D eigenvalue weighted by Crippen LogP contribution is -2.51. The van der Waals surface area contributed by atoms with Crippen LogP contribution < -0.4 is 10.2 Å². The lowest BCUT2D eigenvalue weighted by atomic mass is 10.0. The van der Waals surface area contributed by atoms with E-state index in [2.05, 4.69) is 5.32 Å². The van der Waals surface area contributed by atoms with Gasteiger partial charge in [0.15, 0.2) is 6.04 Å². The van der Waals surface area contributed by atoms with Gasteiger partial charge in [-0.1, -0.05) is 36.4 Å². The summed E-state index contributed by atoms with van der Waals surface area (Å²) >= 11 is 0. The maximum Gasteiger partial charge on any atom is 0.267 e. The molecule has 1 unspecified atom stereocenters. The maximum absolute atomic E-state index is 13.4. The predicted octanol–water partition coefficient (Wildman–Crippen LogP) is 3.59. The van der Waals surface area contributed by atoms with Crippen molar-refractivity contribution in [3.8, 4) is 0 Å². The molecule has 3 rings (SSSR count). The summed E-state index contributed by atoms with van der Waals surface area (Å²) in [6, 6.07) is 13.3. The summed E-state index contributed by atoms with van der Waals surface area (Å²) in [4.78, 5) is 13.6. The van der Waals surface area contributed by atoms with Gasteiger partial charge in [-0.15, -0.1) is 0 Å². The number of carbonyl (C=O) groups excluding carboxylic acids is 1. The number of hydrogen-bond donors (Lipinski definition) is 1. The van der Waals surface area contributed by atoms with Crippen molar-refractivity contribution >= 4 is 17.3 Å². The standard InChI is InChI=1S/C17H16F2N2O/c1-11-7-8-14-13(9-11)20-17(22)15(16(18)19)21(14)10-12-5-3-2-4-6-12/h2-9,15-16H,10H2,1H3,(H,20,22). The molecule has 22 heavy (non-hydrogen) atoms. The van der Waals surface area contributed by atoms with E-state index in [1.165, 1.54) is 4.90 Å². The quantitative estimate of drug-likeness (QED) is 0.940. The number of nitrogens with zero attached hydrogens (tertiary/aromatic N) is 1. The zero-order valence-corrected chi connectivity index (χ0v) is 12.1.